The molecule has 0 saturated carbocycles. The Hall–Kier alpha value is -2.81. The molecule has 30 heavy (non-hydrogen) atoms. The van der Waals surface area contributed by atoms with Crippen LogP contribution < -0.4 is 14.2 Å². The van der Waals surface area contributed by atoms with Crippen molar-refractivity contribution in [2.24, 2.45) is 0 Å². The van der Waals surface area contributed by atoms with Crippen LogP contribution in [-0.4, -0.2) is 27.6 Å². The molecule has 4 aromatic rings. The molecule has 0 aliphatic rings. The number of anilines is 1. The lowest BCUT2D eigenvalue weighted by Gasteiger charge is -2.13. The molecule has 0 bridgehead atoms. The molecule has 1 aromatic heterocycles. The minimum atomic E-state index is -3.87. The van der Waals surface area contributed by atoms with Gasteiger partial charge in [-0.3, -0.25) is 4.72 Å². The molecule has 0 amide bonds. The zero-order chi connectivity index (χ0) is 21.3. The molecule has 9 heteroatoms. The standard InChI is InChI=1S/C21H17ClN2O4S2/c1-27-16-8-10-18(28-2)20(12-16)30(25,26)24-15-6-3-13(4-7-15)21-23-17-9-5-14(22)11-19(17)29-21/h3-12,24H,1-2H3. The summed E-state index contributed by atoms with van der Waals surface area (Å²) in [6, 6.07) is 17.2. The Labute approximate surface area is 183 Å². The van der Waals surface area contributed by atoms with Crippen LogP contribution in [0.3, 0.4) is 0 Å². The van der Waals surface area contributed by atoms with E-state index in [-0.39, 0.29) is 10.6 Å². The molecular weight excluding hydrogens is 444 g/mol. The van der Waals surface area contributed by atoms with Crippen molar-refractivity contribution in [3.63, 3.8) is 0 Å². The van der Waals surface area contributed by atoms with Crippen LogP contribution in [0.25, 0.3) is 20.8 Å². The summed E-state index contributed by atoms with van der Waals surface area (Å²) in [5.41, 5.74) is 2.18. The van der Waals surface area contributed by atoms with Crippen molar-refractivity contribution in [3.8, 4) is 22.1 Å². The van der Waals surface area contributed by atoms with E-state index in [1.165, 1.54) is 31.6 Å². The molecule has 0 spiro atoms. The number of halogens is 1. The van der Waals surface area contributed by atoms with Crippen LogP contribution >= 0.6 is 22.9 Å². The molecule has 1 N–H and O–H groups in total. The van der Waals surface area contributed by atoms with Crippen molar-refractivity contribution < 1.29 is 17.9 Å². The first-order valence-electron chi connectivity index (χ1n) is 8.81. The Morgan fingerprint density at radius 3 is 2.43 bits per heavy atom. The number of sulfonamides is 1. The minimum absolute atomic E-state index is 0.00326. The number of hydrogen-bond donors (Lipinski definition) is 1. The lowest BCUT2D eigenvalue weighted by molar-refractivity contribution is 0.392. The lowest BCUT2D eigenvalue weighted by Crippen LogP contribution is -2.14. The largest absolute Gasteiger partial charge is 0.497 e. The van der Waals surface area contributed by atoms with E-state index in [9.17, 15) is 8.42 Å². The van der Waals surface area contributed by atoms with E-state index in [4.69, 9.17) is 21.1 Å². The van der Waals surface area contributed by atoms with E-state index < -0.39 is 10.0 Å². The van der Waals surface area contributed by atoms with Crippen LogP contribution in [0.2, 0.25) is 5.02 Å². The number of methoxy groups -OCH3 is 2. The lowest BCUT2D eigenvalue weighted by atomic mass is 10.2. The normalized spacial score (nSPS) is 11.4. The van der Waals surface area contributed by atoms with Crippen LogP contribution in [0, 0.1) is 0 Å². The molecule has 3 aromatic carbocycles. The fourth-order valence-electron chi connectivity index (χ4n) is 2.91. The van der Waals surface area contributed by atoms with Crippen LogP contribution in [0.1, 0.15) is 0 Å². The molecule has 0 unspecified atom stereocenters. The molecule has 0 saturated heterocycles. The van der Waals surface area contributed by atoms with Gasteiger partial charge >= 0.3 is 0 Å². The van der Waals surface area contributed by atoms with Crippen molar-refractivity contribution in [3.05, 3.63) is 65.7 Å². The number of benzene rings is 3. The average molecular weight is 461 g/mol. The smallest absolute Gasteiger partial charge is 0.265 e. The van der Waals surface area contributed by atoms with Crippen LogP contribution in [0.15, 0.2) is 65.6 Å². The maximum Gasteiger partial charge on any atom is 0.265 e. The fourth-order valence-corrected chi connectivity index (χ4v) is 5.40. The van der Waals surface area contributed by atoms with E-state index >= 15 is 0 Å². The number of nitrogens with zero attached hydrogens (tertiary/aromatic N) is 1. The zero-order valence-corrected chi connectivity index (χ0v) is 18.4. The van der Waals surface area contributed by atoms with E-state index in [1.54, 1.807) is 30.3 Å². The highest BCUT2D eigenvalue weighted by Gasteiger charge is 2.21. The predicted octanol–water partition coefficient (Wildman–Crippen LogP) is 5.43. The van der Waals surface area contributed by atoms with Gasteiger partial charge in [-0.15, -0.1) is 11.3 Å². The first kappa shape index (κ1) is 20.5. The third-order valence-corrected chi connectivity index (χ3v) is 7.10. The topological polar surface area (TPSA) is 77.5 Å². The summed E-state index contributed by atoms with van der Waals surface area (Å²) in [4.78, 5) is 4.61. The van der Waals surface area contributed by atoms with Crippen LogP contribution in [-0.2, 0) is 10.0 Å². The maximum atomic E-state index is 12.9. The molecule has 0 fully saturated rings. The van der Waals surface area contributed by atoms with E-state index in [1.807, 2.05) is 24.3 Å². The average Bonchev–Trinajstić information content (AvgIpc) is 3.16. The highest BCUT2D eigenvalue weighted by Crippen LogP contribution is 2.33. The molecular formula is C21H17ClN2O4S2. The molecule has 1 heterocycles. The van der Waals surface area contributed by atoms with Gasteiger partial charge in [-0.25, -0.2) is 13.4 Å². The highest BCUT2D eigenvalue weighted by molar-refractivity contribution is 7.92. The van der Waals surface area contributed by atoms with E-state index in [0.717, 1.165) is 20.8 Å². The van der Waals surface area contributed by atoms with Gasteiger partial charge < -0.3 is 9.47 Å². The van der Waals surface area contributed by atoms with Gasteiger partial charge in [0.05, 0.1) is 24.4 Å². The van der Waals surface area contributed by atoms with Gasteiger partial charge in [-0.2, -0.15) is 0 Å². The second-order valence-electron chi connectivity index (χ2n) is 6.33. The number of nitrogens with one attached hydrogen (secondary N) is 1. The summed E-state index contributed by atoms with van der Waals surface area (Å²) in [5, 5.41) is 1.49. The van der Waals surface area contributed by atoms with E-state index in [2.05, 4.69) is 9.71 Å². The second-order valence-corrected chi connectivity index (χ2v) is 9.45. The summed E-state index contributed by atoms with van der Waals surface area (Å²) < 4.78 is 39.7. The number of aromatic nitrogens is 1. The Morgan fingerprint density at radius 2 is 1.73 bits per heavy atom. The second kappa shape index (κ2) is 8.14. The summed E-state index contributed by atoms with van der Waals surface area (Å²) in [5.74, 6) is 0.649. The van der Waals surface area contributed by atoms with Crippen molar-refractivity contribution in [1.82, 2.24) is 4.98 Å². The number of fused-ring (bicyclic) bond motifs is 1. The Bertz CT molecular complexity index is 1320. The molecule has 0 aliphatic carbocycles. The fraction of sp³-hybridized carbons (Fsp3) is 0.0952. The maximum absolute atomic E-state index is 12.9. The Kier molecular flexibility index (Phi) is 5.55. The quantitative estimate of drug-likeness (QED) is 0.415. The van der Waals surface area contributed by atoms with Gasteiger partial charge in [0.1, 0.15) is 21.4 Å². The Morgan fingerprint density at radius 1 is 0.967 bits per heavy atom. The number of ether oxygens (including phenoxy) is 2. The SMILES string of the molecule is COc1ccc(OC)c(S(=O)(=O)Nc2ccc(-c3nc4ccc(Cl)cc4s3)cc2)c1. The molecule has 154 valence electrons. The molecule has 4 rings (SSSR count). The zero-order valence-electron chi connectivity index (χ0n) is 16.0. The van der Waals surface area contributed by atoms with Gasteiger partial charge in [0.15, 0.2) is 0 Å². The van der Waals surface area contributed by atoms with Gasteiger partial charge in [0.2, 0.25) is 0 Å². The highest BCUT2D eigenvalue weighted by atomic mass is 35.5. The predicted molar refractivity (Wildman–Crippen MR) is 120 cm³/mol. The molecule has 0 radical (unpaired) electrons. The minimum Gasteiger partial charge on any atom is -0.497 e. The van der Waals surface area contributed by atoms with Crippen molar-refractivity contribution in [2.75, 3.05) is 18.9 Å². The van der Waals surface area contributed by atoms with Gasteiger partial charge in [0.25, 0.3) is 10.0 Å². The summed E-state index contributed by atoms with van der Waals surface area (Å²) >= 11 is 7.57. The summed E-state index contributed by atoms with van der Waals surface area (Å²) in [7, 11) is -0.984. The Balaban J connectivity index is 1.61. The molecule has 0 aliphatic heterocycles. The third-order valence-electron chi connectivity index (χ3n) is 4.39. The van der Waals surface area contributed by atoms with Crippen LogP contribution in [0.4, 0.5) is 5.69 Å². The van der Waals surface area contributed by atoms with Crippen molar-refractivity contribution in [1.29, 1.82) is 0 Å². The molecule has 6 nitrogen and oxygen atoms in total. The first-order valence-corrected chi connectivity index (χ1v) is 11.5. The van der Waals surface area contributed by atoms with Gasteiger partial charge in [-0.05, 0) is 54.6 Å². The first-order chi connectivity index (χ1) is 14.4. The third kappa shape index (κ3) is 4.07. The van der Waals surface area contributed by atoms with Gasteiger partial charge in [-0.1, -0.05) is 11.6 Å². The van der Waals surface area contributed by atoms with Crippen molar-refractivity contribution in [2.45, 2.75) is 4.90 Å². The summed E-state index contributed by atoms with van der Waals surface area (Å²) in [6.07, 6.45) is 0. The summed E-state index contributed by atoms with van der Waals surface area (Å²) in [6.45, 7) is 0. The van der Waals surface area contributed by atoms with Crippen LogP contribution in [0.5, 0.6) is 11.5 Å². The molecule has 0 atom stereocenters. The number of thiazole rings is 1. The monoisotopic (exact) mass is 460 g/mol. The van der Waals surface area contributed by atoms with E-state index in [0.29, 0.717) is 16.5 Å². The van der Waals surface area contributed by atoms with Crippen molar-refractivity contribution >= 4 is 48.9 Å². The number of rotatable bonds is 6. The van der Waals surface area contributed by atoms with Gasteiger partial charge in [0, 0.05) is 22.3 Å². The number of hydrogen-bond acceptors (Lipinski definition) is 6.